The molecule has 0 spiro atoms. The largest absolute Gasteiger partial charge is 0.317 e. The molecule has 0 bridgehead atoms. The quantitative estimate of drug-likeness (QED) is 0.413. The third-order valence-electron chi connectivity index (χ3n) is 9.56. The second-order valence-electron chi connectivity index (χ2n) is 11.4. The van der Waals surface area contributed by atoms with E-state index in [1.54, 1.807) is 11.1 Å². The van der Waals surface area contributed by atoms with E-state index in [0.717, 1.165) is 35.6 Å². The summed E-state index contributed by atoms with van der Waals surface area (Å²) >= 11 is 0. The fourth-order valence-corrected chi connectivity index (χ4v) is 7.31. The van der Waals surface area contributed by atoms with E-state index < -0.39 is 0 Å². The summed E-state index contributed by atoms with van der Waals surface area (Å²) in [7, 11) is 2.12. The van der Waals surface area contributed by atoms with Gasteiger partial charge in [0.2, 0.25) is 0 Å². The van der Waals surface area contributed by atoms with Gasteiger partial charge < -0.3 is 5.32 Å². The minimum Gasteiger partial charge on any atom is -0.317 e. The van der Waals surface area contributed by atoms with Crippen molar-refractivity contribution >= 4 is 0 Å². The third-order valence-corrected chi connectivity index (χ3v) is 9.56. The van der Waals surface area contributed by atoms with E-state index in [2.05, 4.69) is 43.6 Å². The Morgan fingerprint density at radius 1 is 0.645 bits per heavy atom. The Balaban J connectivity index is 1.20. The Bertz CT molecular complexity index is 610. The highest BCUT2D eigenvalue weighted by Gasteiger charge is 2.31. The maximum absolute atomic E-state index is 3.47. The lowest BCUT2D eigenvalue weighted by atomic mass is 9.68. The highest BCUT2D eigenvalue weighted by atomic mass is 14.9. The summed E-state index contributed by atoms with van der Waals surface area (Å²) in [6.45, 7) is 2.33. The van der Waals surface area contributed by atoms with E-state index >= 15 is 0 Å². The smallest absolute Gasteiger partial charge is 0.00644 e. The molecule has 3 fully saturated rings. The minimum absolute atomic E-state index is 0.752. The Hall–Kier alpha value is -0.820. The molecule has 0 saturated heterocycles. The Morgan fingerprint density at radius 3 is 1.61 bits per heavy atom. The monoisotopic (exact) mass is 423 g/mol. The molecule has 3 aliphatic carbocycles. The number of nitrogens with one attached hydrogen (secondary N) is 1. The number of rotatable bonds is 8. The Morgan fingerprint density at radius 2 is 1.13 bits per heavy atom. The van der Waals surface area contributed by atoms with Crippen molar-refractivity contribution < 1.29 is 0 Å². The number of hydrogen-bond donors (Lipinski definition) is 1. The normalized spacial score (nSPS) is 34.5. The van der Waals surface area contributed by atoms with Crippen molar-refractivity contribution in [3.63, 3.8) is 0 Å². The second-order valence-corrected chi connectivity index (χ2v) is 11.4. The predicted molar refractivity (Wildman–Crippen MR) is 135 cm³/mol. The van der Waals surface area contributed by atoms with Gasteiger partial charge in [0, 0.05) is 6.04 Å². The molecule has 31 heavy (non-hydrogen) atoms. The summed E-state index contributed by atoms with van der Waals surface area (Å²) < 4.78 is 0. The van der Waals surface area contributed by atoms with Crippen LogP contribution < -0.4 is 5.32 Å². The van der Waals surface area contributed by atoms with Gasteiger partial charge in [-0.05, 0) is 112 Å². The van der Waals surface area contributed by atoms with Crippen LogP contribution in [0.5, 0.6) is 0 Å². The standard InChI is InChI=1S/C30H49N/c1-3-4-5-6-23-7-9-24(10-8-23)25-11-13-26(14-12-25)27-15-17-28(18-16-27)29-19-21-30(31-2)22-20-29/h15-18,23-26,29-31H,3-14,19-22H2,1-2H3. The van der Waals surface area contributed by atoms with E-state index in [-0.39, 0.29) is 0 Å². The molecule has 0 atom stereocenters. The first-order chi connectivity index (χ1) is 15.3. The molecule has 174 valence electrons. The van der Waals surface area contributed by atoms with Crippen LogP contribution >= 0.6 is 0 Å². The SMILES string of the molecule is CCCCCC1CCC(C2CCC(c3ccc(C4CCC(NC)CC4)cc3)CC2)CC1. The fraction of sp³-hybridized carbons (Fsp3) is 0.800. The van der Waals surface area contributed by atoms with Gasteiger partial charge in [0.05, 0.1) is 0 Å². The summed E-state index contributed by atoms with van der Waals surface area (Å²) in [4.78, 5) is 0. The van der Waals surface area contributed by atoms with Crippen molar-refractivity contribution in [2.45, 2.75) is 128 Å². The first-order valence-corrected chi connectivity index (χ1v) is 14.0. The number of benzene rings is 1. The van der Waals surface area contributed by atoms with Gasteiger partial charge in [-0.15, -0.1) is 0 Å². The van der Waals surface area contributed by atoms with Crippen molar-refractivity contribution in [3.05, 3.63) is 35.4 Å². The van der Waals surface area contributed by atoms with E-state index in [9.17, 15) is 0 Å². The minimum atomic E-state index is 0.752. The van der Waals surface area contributed by atoms with E-state index in [4.69, 9.17) is 0 Å². The zero-order chi connectivity index (χ0) is 21.5. The van der Waals surface area contributed by atoms with Gasteiger partial charge in [-0.3, -0.25) is 0 Å². The molecule has 1 aromatic rings. The topological polar surface area (TPSA) is 12.0 Å². The molecule has 4 rings (SSSR count). The van der Waals surface area contributed by atoms with Crippen LogP contribution in [0, 0.1) is 17.8 Å². The van der Waals surface area contributed by atoms with Crippen LogP contribution in [0.2, 0.25) is 0 Å². The van der Waals surface area contributed by atoms with Crippen LogP contribution in [0.4, 0.5) is 0 Å². The molecule has 1 nitrogen and oxygen atoms in total. The molecule has 0 unspecified atom stereocenters. The van der Waals surface area contributed by atoms with Crippen LogP contribution in [-0.2, 0) is 0 Å². The average molecular weight is 424 g/mol. The van der Waals surface area contributed by atoms with Gasteiger partial charge in [0.1, 0.15) is 0 Å². The van der Waals surface area contributed by atoms with Gasteiger partial charge in [0.15, 0.2) is 0 Å². The van der Waals surface area contributed by atoms with Gasteiger partial charge in [-0.1, -0.05) is 69.7 Å². The highest BCUT2D eigenvalue weighted by molar-refractivity contribution is 5.28. The molecule has 3 aliphatic rings. The Kier molecular flexibility index (Phi) is 8.94. The molecule has 1 N–H and O–H groups in total. The number of unbranched alkanes of at least 4 members (excludes halogenated alkanes) is 2. The summed E-state index contributed by atoms with van der Waals surface area (Å²) in [6, 6.07) is 10.7. The summed E-state index contributed by atoms with van der Waals surface area (Å²) in [6.07, 6.45) is 23.2. The molecule has 0 radical (unpaired) electrons. The third kappa shape index (κ3) is 6.37. The molecule has 0 heterocycles. The van der Waals surface area contributed by atoms with E-state index in [1.807, 2.05) is 0 Å². The summed E-state index contributed by atoms with van der Waals surface area (Å²) in [5, 5.41) is 3.47. The van der Waals surface area contributed by atoms with E-state index in [0.29, 0.717) is 0 Å². The van der Waals surface area contributed by atoms with Gasteiger partial charge >= 0.3 is 0 Å². The first-order valence-electron chi connectivity index (χ1n) is 14.0. The van der Waals surface area contributed by atoms with Crippen molar-refractivity contribution in [2.24, 2.45) is 17.8 Å². The van der Waals surface area contributed by atoms with Crippen LogP contribution in [0.25, 0.3) is 0 Å². The molecular weight excluding hydrogens is 374 g/mol. The zero-order valence-electron chi connectivity index (χ0n) is 20.6. The van der Waals surface area contributed by atoms with Crippen LogP contribution in [-0.4, -0.2) is 13.1 Å². The van der Waals surface area contributed by atoms with Crippen LogP contribution in [0.1, 0.15) is 133 Å². The lowest BCUT2D eigenvalue weighted by molar-refractivity contribution is 0.155. The van der Waals surface area contributed by atoms with Crippen LogP contribution in [0.3, 0.4) is 0 Å². The maximum Gasteiger partial charge on any atom is 0.00644 e. The zero-order valence-corrected chi connectivity index (χ0v) is 20.6. The maximum atomic E-state index is 3.47. The van der Waals surface area contributed by atoms with E-state index in [1.165, 1.54) is 103 Å². The average Bonchev–Trinajstić information content (AvgIpc) is 2.85. The van der Waals surface area contributed by atoms with Crippen molar-refractivity contribution in [1.82, 2.24) is 5.32 Å². The van der Waals surface area contributed by atoms with Crippen LogP contribution in [0.15, 0.2) is 24.3 Å². The summed E-state index contributed by atoms with van der Waals surface area (Å²) in [5.41, 5.74) is 3.23. The number of hydrogen-bond acceptors (Lipinski definition) is 1. The highest BCUT2D eigenvalue weighted by Crippen LogP contribution is 2.45. The second kappa shape index (κ2) is 11.9. The molecule has 1 aromatic carbocycles. The summed E-state index contributed by atoms with van der Waals surface area (Å²) in [5.74, 6) is 4.78. The van der Waals surface area contributed by atoms with Gasteiger partial charge in [-0.2, -0.15) is 0 Å². The Labute approximate surface area is 193 Å². The molecule has 3 saturated carbocycles. The lowest BCUT2D eigenvalue weighted by Crippen LogP contribution is -2.29. The molecule has 0 aromatic heterocycles. The molecular formula is C30H49N. The van der Waals surface area contributed by atoms with Crippen molar-refractivity contribution in [2.75, 3.05) is 7.05 Å². The molecule has 0 aliphatic heterocycles. The van der Waals surface area contributed by atoms with Crippen molar-refractivity contribution in [1.29, 1.82) is 0 Å². The predicted octanol–water partition coefficient (Wildman–Crippen LogP) is 8.59. The first kappa shape index (κ1) is 23.3. The van der Waals surface area contributed by atoms with Crippen molar-refractivity contribution in [3.8, 4) is 0 Å². The van der Waals surface area contributed by atoms with Gasteiger partial charge in [0.25, 0.3) is 0 Å². The fourth-order valence-electron chi connectivity index (χ4n) is 7.31. The lowest BCUT2D eigenvalue weighted by Gasteiger charge is -2.38. The molecule has 1 heteroatoms. The van der Waals surface area contributed by atoms with Gasteiger partial charge in [-0.25, -0.2) is 0 Å². The molecule has 0 amide bonds.